The number of nitro groups is 1. The minimum atomic E-state index is -0.325. The molecule has 0 aromatic heterocycles. The SMILES string of the molecule is CC(=O)N(CC1CCCN1c1ccccc1[N+](=O)[O-])C1CC1. The summed E-state index contributed by atoms with van der Waals surface area (Å²) in [7, 11) is 0. The Labute approximate surface area is 129 Å². The van der Waals surface area contributed by atoms with Gasteiger partial charge in [-0.15, -0.1) is 0 Å². The molecular formula is C16H21N3O3. The molecule has 1 heterocycles. The van der Waals surface area contributed by atoms with Gasteiger partial charge >= 0.3 is 0 Å². The molecule has 1 aliphatic carbocycles. The van der Waals surface area contributed by atoms with Gasteiger partial charge in [0.05, 0.1) is 4.92 Å². The fourth-order valence-electron chi connectivity index (χ4n) is 3.35. The smallest absolute Gasteiger partial charge is 0.292 e. The minimum absolute atomic E-state index is 0.108. The Balaban J connectivity index is 1.81. The maximum Gasteiger partial charge on any atom is 0.292 e. The van der Waals surface area contributed by atoms with Crippen LogP contribution >= 0.6 is 0 Å². The number of carbonyl (C=O) groups is 1. The molecule has 0 bridgehead atoms. The van der Waals surface area contributed by atoms with Crippen LogP contribution in [-0.4, -0.2) is 40.9 Å². The topological polar surface area (TPSA) is 66.7 Å². The Morgan fingerprint density at radius 2 is 2.09 bits per heavy atom. The molecule has 0 N–H and O–H groups in total. The van der Waals surface area contributed by atoms with E-state index in [4.69, 9.17) is 0 Å². The predicted octanol–water partition coefficient (Wildman–Crippen LogP) is 2.57. The lowest BCUT2D eigenvalue weighted by Gasteiger charge is -2.31. The highest BCUT2D eigenvalue weighted by atomic mass is 16.6. The van der Waals surface area contributed by atoms with Crippen molar-refractivity contribution in [1.82, 2.24) is 4.90 Å². The van der Waals surface area contributed by atoms with Gasteiger partial charge in [0.2, 0.25) is 5.91 Å². The lowest BCUT2D eigenvalue weighted by Crippen LogP contribution is -2.43. The number of amides is 1. The standard InChI is InChI=1S/C16H21N3O3/c1-12(20)18(13-8-9-13)11-14-5-4-10-17(14)15-6-2-3-7-16(15)19(21)22/h2-3,6-7,13-14H,4-5,8-11H2,1H3. The van der Waals surface area contributed by atoms with Crippen molar-refractivity contribution in [2.45, 2.75) is 44.7 Å². The largest absolute Gasteiger partial charge is 0.361 e. The summed E-state index contributed by atoms with van der Waals surface area (Å²) in [5.74, 6) is 0.108. The first-order valence-electron chi connectivity index (χ1n) is 7.85. The van der Waals surface area contributed by atoms with Gasteiger partial charge in [-0.25, -0.2) is 0 Å². The van der Waals surface area contributed by atoms with Gasteiger partial charge < -0.3 is 9.80 Å². The Morgan fingerprint density at radius 3 is 2.73 bits per heavy atom. The van der Waals surface area contributed by atoms with Gasteiger partial charge in [-0.1, -0.05) is 12.1 Å². The Hall–Kier alpha value is -2.11. The monoisotopic (exact) mass is 303 g/mol. The van der Waals surface area contributed by atoms with Crippen LogP contribution in [0.15, 0.2) is 24.3 Å². The average Bonchev–Trinajstić information content (AvgIpc) is 3.22. The van der Waals surface area contributed by atoms with Gasteiger partial charge in [0.15, 0.2) is 0 Å². The second kappa shape index (κ2) is 5.94. The van der Waals surface area contributed by atoms with Gasteiger partial charge in [-0.2, -0.15) is 0 Å². The number of nitro benzene ring substituents is 1. The maximum atomic E-state index is 11.8. The summed E-state index contributed by atoms with van der Waals surface area (Å²) in [5, 5.41) is 11.2. The van der Waals surface area contributed by atoms with Crippen molar-refractivity contribution in [3.8, 4) is 0 Å². The number of anilines is 1. The summed E-state index contributed by atoms with van der Waals surface area (Å²) in [5.41, 5.74) is 0.824. The molecule has 1 aliphatic heterocycles. The molecule has 1 aromatic carbocycles. The number of para-hydroxylation sites is 2. The van der Waals surface area contributed by atoms with Crippen molar-refractivity contribution >= 4 is 17.3 Å². The third-order valence-corrected chi connectivity index (χ3v) is 4.56. The summed E-state index contributed by atoms with van der Waals surface area (Å²) in [6.45, 7) is 3.10. The van der Waals surface area contributed by atoms with E-state index in [2.05, 4.69) is 4.90 Å². The van der Waals surface area contributed by atoms with Crippen LogP contribution in [0.4, 0.5) is 11.4 Å². The van der Waals surface area contributed by atoms with Gasteiger partial charge in [0.25, 0.3) is 5.69 Å². The zero-order chi connectivity index (χ0) is 15.7. The van der Waals surface area contributed by atoms with Gasteiger partial charge in [-0.3, -0.25) is 14.9 Å². The zero-order valence-corrected chi connectivity index (χ0v) is 12.8. The fourth-order valence-corrected chi connectivity index (χ4v) is 3.35. The number of benzene rings is 1. The molecule has 118 valence electrons. The molecule has 1 atom stereocenters. The summed E-state index contributed by atoms with van der Waals surface area (Å²) < 4.78 is 0. The highest BCUT2D eigenvalue weighted by molar-refractivity contribution is 5.74. The highest BCUT2D eigenvalue weighted by Crippen LogP contribution is 2.35. The van der Waals surface area contributed by atoms with E-state index < -0.39 is 0 Å². The Kier molecular flexibility index (Phi) is 4.00. The molecule has 1 saturated carbocycles. The lowest BCUT2D eigenvalue weighted by atomic mass is 10.1. The Morgan fingerprint density at radius 1 is 1.36 bits per heavy atom. The molecular weight excluding hydrogens is 282 g/mol. The number of carbonyl (C=O) groups excluding carboxylic acids is 1. The number of hydrogen-bond donors (Lipinski definition) is 0. The third kappa shape index (κ3) is 2.91. The molecule has 6 heteroatoms. The van der Waals surface area contributed by atoms with E-state index in [0.717, 1.165) is 32.2 Å². The van der Waals surface area contributed by atoms with E-state index in [1.807, 2.05) is 17.0 Å². The molecule has 1 saturated heterocycles. The van der Waals surface area contributed by atoms with Gasteiger partial charge in [-0.05, 0) is 31.7 Å². The van der Waals surface area contributed by atoms with Crippen molar-refractivity contribution < 1.29 is 9.72 Å². The second-order valence-electron chi connectivity index (χ2n) is 6.14. The molecule has 3 rings (SSSR count). The summed E-state index contributed by atoms with van der Waals surface area (Å²) in [6.07, 6.45) is 4.14. The third-order valence-electron chi connectivity index (χ3n) is 4.56. The Bertz CT molecular complexity index is 586. The molecule has 1 aromatic rings. The number of nitrogens with zero attached hydrogens (tertiary/aromatic N) is 3. The number of rotatable bonds is 5. The minimum Gasteiger partial charge on any atom is -0.361 e. The molecule has 1 unspecified atom stereocenters. The van der Waals surface area contributed by atoms with E-state index in [1.165, 1.54) is 0 Å². The quantitative estimate of drug-likeness (QED) is 0.619. The zero-order valence-electron chi connectivity index (χ0n) is 12.8. The molecule has 22 heavy (non-hydrogen) atoms. The van der Waals surface area contributed by atoms with Crippen LogP contribution in [0.3, 0.4) is 0 Å². The van der Waals surface area contributed by atoms with Crippen molar-refractivity contribution in [2.24, 2.45) is 0 Å². The summed E-state index contributed by atoms with van der Waals surface area (Å²) in [4.78, 5) is 26.8. The second-order valence-corrected chi connectivity index (χ2v) is 6.14. The van der Waals surface area contributed by atoms with Crippen LogP contribution in [0.2, 0.25) is 0 Å². The van der Waals surface area contributed by atoms with Crippen LogP contribution < -0.4 is 4.90 Å². The van der Waals surface area contributed by atoms with Gasteiger partial charge in [0.1, 0.15) is 5.69 Å². The molecule has 1 amide bonds. The fraction of sp³-hybridized carbons (Fsp3) is 0.562. The van der Waals surface area contributed by atoms with E-state index >= 15 is 0 Å². The van der Waals surface area contributed by atoms with E-state index in [9.17, 15) is 14.9 Å². The number of hydrogen-bond acceptors (Lipinski definition) is 4. The maximum absolute atomic E-state index is 11.8. The van der Waals surface area contributed by atoms with E-state index in [1.54, 1.807) is 19.1 Å². The van der Waals surface area contributed by atoms with Crippen LogP contribution in [0.25, 0.3) is 0 Å². The highest BCUT2D eigenvalue weighted by Gasteiger charge is 2.36. The summed E-state index contributed by atoms with van der Waals surface area (Å²) >= 11 is 0. The van der Waals surface area contributed by atoms with E-state index in [0.29, 0.717) is 18.3 Å². The molecule has 2 aliphatic rings. The van der Waals surface area contributed by atoms with Crippen LogP contribution in [0, 0.1) is 10.1 Å². The van der Waals surface area contributed by atoms with Crippen molar-refractivity contribution in [3.63, 3.8) is 0 Å². The van der Waals surface area contributed by atoms with Crippen molar-refractivity contribution in [2.75, 3.05) is 18.0 Å². The van der Waals surface area contributed by atoms with Crippen molar-refractivity contribution in [1.29, 1.82) is 0 Å². The first-order chi connectivity index (χ1) is 10.6. The molecule has 0 spiro atoms. The van der Waals surface area contributed by atoms with Crippen LogP contribution in [0.5, 0.6) is 0 Å². The van der Waals surface area contributed by atoms with E-state index in [-0.39, 0.29) is 22.6 Å². The first-order valence-corrected chi connectivity index (χ1v) is 7.85. The predicted molar refractivity (Wildman–Crippen MR) is 83.9 cm³/mol. The van der Waals surface area contributed by atoms with Crippen LogP contribution in [0.1, 0.15) is 32.6 Å². The van der Waals surface area contributed by atoms with Gasteiger partial charge in [0, 0.05) is 38.2 Å². The molecule has 0 radical (unpaired) electrons. The lowest BCUT2D eigenvalue weighted by molar-refractivity contribution is -0.384. The average molecular weight is 303 g/mol. The first kappa shape index (κ1) is 14.8. The summed E-state index contributed by atoms with van der Waals surface area (Å²) in [6, 6.07) is 7.44. The van der Waals surface area contributed by atoms with Crippen molar-refractivity contribution in [3.05, 3.63) is 34.4 Å². The van der Waals surface area contributed by atoms with Crippen LogP contribution in [-0.2, 0) is 4.79 Å². The normalized spacial score (nSPS) is 21.0. The molecule has 2 fully saturated rings. The molecule has 6 nitrogen and oxygen atoms in total.